The summed E-state index contributed by atoms with van der Waals surface area (Å²) >= 11 is 0. The molecule has 1 atom stereocenters. The maximum Gasteiger partial charge on any atom is 0.242 e. The lowest BCUT2D eigenvalue weighted by Gasteiger charge is -2.34. The van der Waals surface area contributed by atoms with Gasteiger partial charge < -0.3 is 5.32 Å². The molecular weight excluding hydrogens is 367 g/mol. The lowest BCUT2D eigenvalue weighted by Crippen LogP contribution is -2.42. The van der Waals surface area contributed by atoms with Crippen molar-refractivity contribution in [3.05, 3.63) is 83.9 Å². The zero-order chi connectivity index (χ0) is 20.1. The Morgan fingerprint density at radius 3 is 2.52 bits per heavy atom. The van der Waals surface area contributed by atoms with E-state index in [1.54, 1.807) is 23.0 Å². The number of carbonyl (C=O) groups excluding carboxylic acids is 1. The van der Waals surface area contributed by atoms with E-state index in [0.29, 0.717) is 6.54 Å². The third kappa shape index (κ3) is 4.54. The van der Waals surface area contributed by atoms with Crippen molar-refractivity contribution >= 4 is 5.91 Å². The second kappa shape index (κ2) is 9.01. The highest BCUT2D eigenvalue weighted by Gasteiger charge is 2.28. The van der Waals surface area contributed by atoms with Crippen LogP contribution in [0, 0.1) is 5.82 Å². The van der Waals surface area contributed by atoms with Gasteiger partial charge in [-0.1, -0.05) is 36.8 Å². The van der Waals surface area contributed by atoms with Crippen molar-refractivity contribution in [3.63, 3.8) is 0 Å². The Kier molecular flexibility index (Phi) is 6.00. The molecule has 0 aliphatic carbocycles. The number of nitrogens with zero attached hydrogens (tertiary/aromatic N) is 3. The number of amides is 1. The van der Waals surface area contributed by atoms with Crippen LogP contribution in [0.1, 0.15) is 36.4 Å². The molecule has 1 unspecified atom stereocenters. The summed E-state index contributed by atoms with van der Waals surface area (Å²) in [7, 11) is 0. The van der Waals surface area contributed by atoms with E-state index in [0.717, 1.165) is 42.7 Å². The lowest BCUT2D eigenvalue weighted by atomic mass is 10.0. The minimum atomic E-state index is -0.409. The molecule has 1 saturated heterocycles. The molecular formula is C23H25FN4O. The molecule has 1 fully saturated rings. The Hall–Kier alpha value is -2.99. The Labute approximate surface area is 170 Å². The Bertz CT molecular complexity index is 934. The van der Waals surface area contributed by atoms with Crippen molar-refractivity contribution in [1.82, 2.24) is 20.0 Å². The molecule has 2 aromatic carbocycles. The van der Waals surface area contributed by atoms with Crippen LogP contribution in [0.2, 0.25) is 0 Å². The molecule has 150 valence electrons. The van der Waals surface area contributed by atoms with E-state index in [2.05, 4.69) is 15.3 Å². The van der Waals surface area contributed by atoms with Crippen LogP contribution in [-0.2, 0) is 11.3 Å². The van der Waals surface area contributed by atoms with Crippen LogP contribution in [0.5, 0.6) is 0 Å². The van der Waals surface area contributed by atoms with Crippen molar-refractivity contribution in [2.45, 2.75) is 31.8 Å². The highest BCUT2D eigenvalue weighted by molar-refractivity contribution is 5.83. The van der Waals surface area contributed by atoms with E-state index < -0.39 is 6.04 Å². The van der Waals surface area contributed by atoms with Crippen LogP contribution in [0.15, 0.2) is 67.0 Å². The number of halogens is 1. The largest absolute Gasteiger partial charge is 0.350 e. The molecule has 0 saturated carbocycles. The second-order valence-electron chi connectivity index (χ2n) is 7.35. The van der Waals surface area contributed by atoms with Gasteiger partial charge in [0.2, 0.25) is 5.91 Å². The smallest absolute Gasteiger partial charge is 0.242 e. The van der Waals surface area contributed by atoms with Crippen LogP contribution < -0.4 is 5.32 Å². The average molecular weight is 392 g/mol. The highest BCUT2D eigenvalue weighted by Crippen LogP contribution is 2.25. The number of benzene rings is 2. The van der Waals surface area contributed by atoms with Crippen molar-refractivity contribution in [2.24, 2.45) is 0 Å². The third-order valence-electron chi connectivity index (χ3n) is 5.39. The van der Waals surface area contributed by atoms with Crippen LogP contribution in [0.25, 0.3) is 5.69 Å². The summed E-state index contributed by atoms with van der Waals surface area (Å²) in [6.45, 7) is 2.15. The molecule has 1 aromatic heterocycles. The van der Waals surface area contributed by atoms with Gasteiger partial charge in [0.25, 0.3) is 0 Å². The lowest BCUT2D eigenvalue weighted by molar-refractivity contribution is -0.127. The molecule has 1 aliphatic heterocycles. The third-order valence-corrected chi connectivity index (χ3v) is 5.39. The van der Waals surface area contributed by atoms with Gasteiger partial charge in [0.05, 0.1) is 5.69 Å². The zero-order valence-corrected chi connectivity index (χ0v) is 16.3. The first-order valence-corrected chi connectivity index (χ1v) is 10.1. The number of rotatable bonds is 6. The maximum atomic E-state index is 13.4. The van der Waals surface area contributed by atoms with Gasteiger partial charge in [0, 0.05) is 18.9 Å². The number of piperidine rings is 1. The number of aromatic nitrogens is 2. The number of hydrogen-bond donors (Lipinski definition) is 1. The second-order valence-corrected chi connectivity index (χ2v) is 7.35. The zero-order valence-electron chi connectivity index (χ0n) is 16.3. The number of carbonyl (C=O) groups is 1. The van der Waals surface area contributed by atoms with Gasteiger partial charge in [0.1, 0.15) is 11.9 Å². The van der Waals surface area contributed by atoms with Gasteiger partial charge in [-0.05, 0) is 61.3 Å². The molecule has 4 rings (SSSR count). The normalized spacial score (nSPS) is 15.8. The summed E-state index contributed by atoms with van der Waals surface area (Å²) < 4.78 is 15.2. The molecule has 1 amide bonds. The van der Waals surface area contributed by atoms with Crippen molar-refractivity contribution in [1.29, 1.82) is 0 Å². The summed E-state index contributed by atoms with van der Waals surface area (Å²) in [5, 5.41) is 7.40. The van der Waals surface area contributed by atoms with E-state index in [4.69, 9.17) is 0 Å². The van der Waals surface area contributed by atoms with Gasteiger partial charge in [-0.25, -0.2) is 9.07 Å². The Balaban J connectivity index is 1.54. The molecule has 1 N–H and O–H groups in total. The quantitative estimate of drug-likeness (QED) is 0.693. The van der Waals surface area contributed by atoms with E-state index in [-0.39, 0.29) is 11.7 Å². The van der Waals surface area contributed by atoms with Gasteiger partial charge in [-0.3, -0.25) is 9.69 Å². The summed E-state index contributed by atoms with van der Waals surface area (Å²) in [6.07, 6.45) is 6.96. The molecule has 5 nitrogen and oxygen atoms in total. The van der Waals surface area contributed by atoms with E-state index in [1.807, 2.05) is 36.5 Å². The number of hydrogen-bond acceptors (Lipinski definition) is 3. The van der Waals surface area contributed by atoms with Crippen molar-refractivity contribution < 1.29 is 9.18 Å². The number of nitrogens with one attached hydrogen (secondary N) is 1. The minimum Gasteiger partial charge on any atom is -0.350 e. The van der Waals surface area contributed by atoms with Gasteiger partial charge >= 0.3 is 0 Å². The predicted molar refractivity (Wildman–Crippen MR) is 110 cm³/mol. The minimum absolute atomic E-state index is 0.0613. The molecule has 0 spiro atoms. The molecule has 29 heavy (non-hydrogen) atoms. The SMILES string of the molecule is O=C(NCc1ccccc1-n1cccn1)C(c1ccc(F)cc1)N1CCCCC1. The molecule has 1 aliphatic rings. The maximum absolute atomic E-state index is 13.4. The number of para-hydroxylation sites is 1. The van der Waals surface area contributed by atoms with Gasteiger partial charge in [-0.2, -0.15) is 5.10 Å². The first kappa shape index (κ1) is 19.3. The molecule has 0 bridgehead atoms. The highest BCUT2D eigenvalue weighted by atomic mass is 19.1. The fourth-order valence-electron chi connectivity index (χ4n) is 3.92. The number of likely N-dealkylation sites (tertiary alicyclic amines) is 1. The Morgan fingerprint density at radius 1 is 1.03 bits per heavy atom. The topological polar surface area (TPSA) is 50.2 Å². The first-order chi connectivity index (χ1) is 14.2. The molecule has 0 radical (unpaired) electrons. The standard InChI is InChI=1S/C23H25FN4O/c24-20-11-9-18(10-12-20)22(27-14-4-1-5-15-27)23(29)25-17-19-7-2-3-8-21(19)28-16-6-13-26-28/h2-3,6-13,16,22H,1,4-5,14-15,17H2,(H,25,29). The van der Waals surface area contributed by atoms with Crippen LogP contribution in [-0.4, -0.2) is 33.7 Å². The van der Waals surface area contributed by atoms with Crippen LogP contribution in [0.3, 0.4) is 0 Å². The van der Waals surface area contributed by atoms with Gasteiger partial charge in [0.15, 0.2) is 0 Å². The summed E-state index contributed by atoms with van der Waals surface area (Å²) in [5.41, 5.74) is 2.75. The predicted octanol–water partition coefficient (Wildman–Crippen LogP) is 3.85. The average Bonchev–Trinajstić information content (AvgIpc) is 3.30. The summed E-state index contributed by atoms with van der Waals surface area (Å²) in [5.74, 6) is -0.353. The molecule has 2 heterocycles. The molecule has 6 heteroatoms. The summed E-state index contributed by atoms with van der Waals surface area (Å²) in [6, 6.07) is 15.6. The van der Waals surface area contributed by atoms with E-state index in [1.165, 1.54) is 18.6 Å². The van der Waals surface area contributed by atoms with Crippen molar-refractivity contribution in [2.75, 3.05) is 13.1 Å². The van der Waals surface area contributed by atoms with E-state index >= 15 is 0 Å². The van der Waals surface area contributed by atoms with Crippen LogP contribution in [0.4, 0.5) is 4.39 Å². The van der Waals surface area contributed by atoms with Crippen molar-refractivity contribution in [3.8, 4) is 5.69 Å². The van der Waals surface area contributed by atoms with Crippen LogP contribution >= 0.6 is 0 Å². The molecule has 3 aromatic rings. The van der Waals surface area contributed by atoms with E-state index in [9.17, 15) is 9.18 Å². The summed E-state index contributed by atoms with van der Waals surface area (Å²) in [4.78, 5) is 15.4. The Morgan fingerprint density at radius 2 is 1.79 bits per heavy atom. The first-order valence-electron chi connectivity index (χ1n) is 10.1. The monoisotopic (exact) mass is 392 g/mol. The van der Waals surface area contributed by atoms with Gasteiger partial charge in [-0.15, -0.1) is 0 Å². The fourth-order valence-corrected chi connectivity index (χ4v) is 3.92. The fraction of sp³-hybridized carbons (Fsp3) is 0.304.